The normalized spacial score (nSPS) is 18.3. The molecule has 1 heterocycles. The van der Waals surface area contributed by atoms with Gasteiger partial charge in [-0.05, 0) is 47.2 Å². The van der Waals surface area contributed by atoms with Crippen molar-refractivity contribution in [1.29, 1.82) is 0 Å². The lowest BCUT2D eigenvalue weighted by molar-refractivity contribution is 0.0448. The summed E-state index contributed by atoms with van der Waals surface area (Å²) in [6.45, 7) is 7.24. The Kier molecular flexibility index (Phi) is 6.70. The second kappa shape index (κ2) is 9.22. The number of hydrogen-bond donors (Lipinski definition) is 2. The summed E-state index contributed by atoms with van der Waals surface area (Å²) in [6, 6.07) is 16.3. The molecule has 28 heavy (non-hydrogen) atoms. The molecule has 150 valence electrons. The molecule has 5 heteroatoms. The second-order valence-electron chi connectivity index (χ2n) is 7.98. The van der Waals surface area contributed by atoms with E-state index in [1.165, 1.54) is 5.56 Å². The molecule has 1 aliphatic heterocycles. The van der Waals surface area contributed by atoms with Gasteiger partial charge in [0.05, 0.1) is 13.2 Å². The minimum Gasteiger partial charge on any atom is -0.457 e. The summed E-state index contributed by atoms with van der Waals surface area (Å²) in [6.07, 6.45) is 2.77. The van der Waals surface area contributed by atoms with E-state index in [1.807, 2.05) is 30.3 Å². The Hall–Kier alpha value is -2.37. The van der Waals surface area contributed by atoms with Gasteiger partial charge in [0.15, 0.2) is 0 Å². The summed E-state index contributed by atoms with van der Waals surface area (Å²) in [5.74, 6) is 2.43. The van der Waals surface area contributed by atoms with Crippen molar-refractivity contribution in [1.82, 2.24) is 5.48 Å². The van der Waals surface area contributed by atoms with Crippen LogP contribution in [0.4, 0.5) is 0 Å². The number of rotatable bonds is 8. The van der Waals surface area contributed by atoms with E-state index in [9.17, 15) is 0 Å². The van der Waals surface area contributed by atoms with Crippen molar-refractivity contribution in [2.45, 2.75) is 46.1 Å². The molecule has 0 saturated carbocycles. The second-order valence-corrected chi connectivity index (χ2v) is 7.98. The first-order chi connectivity index (χ1) is 13.5. The van der Waals surface area contributed by atoms with E-state index in [4.69, 9.17) is 14.7 Å². The third-order valence-corrected chi connectivity index (χ3v) is 5.13. The maximum atomic E-state index is 8.86. The number of aliphatic hydroxyl groups is 1. The van der Waals surface area contributed by atoms with Gasteiger partial charge in [-0.2, -0.15) is 0 Å². The quantitative estimate of drug-likeness (QED) is 0.687. The van der Waals surface area contributed by atoms with E-state index in [1.54, 1.807) is 0 Å². The third kappa shape index (κ3) is 5.57. The number of aliphatic hydroxyl groups excluding tert-OH is 1. The molecule has 1 aliphatic rings. The fourth-order valence-corrected chi connectivity index (χ4v) is 3.15. The minimum atomic E-state index is -0.0777. The lowest BCUT2D eigenvalue weighted by Gasteiger charge is -2.22. The molecule has 1 unspecified atom stereocenters. The smallest absolute Gasteiger partial charge is 0.127 e. The molecular formula is C23H30N2O3. The SMILES string of the molecule is CCC(C)(C)Cc1cccc(Oc2ccc(C3CC(=NCCO)NO3)cc2)c1. The highest BCUT2D eigenvalue weighted by Crippen LogP contribution is 2.30. The van der Waals surface area contributed by atoms with Gasteiger partial charge in [0, 0.05) is 6.42 Å². The van der Waals surface area contributed by atoms with Crippen LogP contribution in [-0.4, -0.2) is 24.1 Å². The largest absolute Gasteiger partial charge is 0.457 e. The number of nitrogens with zero attached hydrogens (tertiary/aromatic N) is 1. The van der Waals surface area contributed by atoms with Gasteiger partial charge in [-0.1, -0.05) is 51.5 Å². The highest BCUT2D eigenvalue weighted by molar-refractivity contribution is 5.83. The number of hydrogen-bond acceptors (Lipinski definition) is 4. The molecule has 2 N–H and O–H groups in total. The van der Waals surface area contributed by atoms with E-state index in [0.717, 1.165) is 35.7 Å². The van der Waals surface area contributed by atoms with Crippen molar-refractivity contribution in [3.8, 4) is 11.5 Å². The number of hydroxylamine groups is 1. The summed E-state index contributed by atoms with van der Waals surface area (Å²) < 4.78 is 6.05. The van der Waals surface area contributed by atoms with Gasteiger partial charge in [-0.3, -0.25) is 15.3 Å². The van der Waals surface area contributed by atoms with Crippen LogP contribution in [0.15, 0.2) is 53.5 Å². The predicted octanol–water partition coefficient (Wildman–Crippen LogP) is 4.81. The number of nitrogens with one attached hydrogen (secondary N) is 1. The van der Waals surface area contributed by atoms with Crippen LogP contribution in [-0.2, 0) is 11.3 Å². The van der Waals surface area contributed by atoms with Crippen LogP contribution in [0.2, 0.25) is 0 Å². The molecule has 3 rings (SSSR count). The molecule has 0 bridgehead atoms. The fraction of sp³-hybridized carbons (Fsp3) is 0.435. The Morgan fingerprint density at radius 2 is 1.96 bits per heavy atom. The van der Waals surface area contributed by atoms with E-state index >= 15 is 0 Å². The Morgan fingerprint density at radius 3 is 2.68 bits per heavy atom. The van der Waals surface area contributed by atoms with E-state index < -0.39 is 0 Å². The van der Waals surface area contributed by atoms with Gasteiger partial charge in [0.2, 0.25) is 0 Å². The van der Waals surface area contributed by atoms with Gasteiger partial charge >= 0.3 is 0 Å². The van der Waals surface area contributed by atoms with E-state index in [-0.39, 0.29) is 18.1 Å². The molecule has 0 amide bonds. The van der Waals surface area contributed by atoms with Crippen LogP contribution in [0.25, 0.3) is 0 Å². The van der Waals surface area contributed by atoms with Gasteiger partial charge < -0.3 is 9.84 Å². The third-order valence-electron chi connectivity index (χ3n) is 5.13. The van der Waals surface area contributed by atoms with Crippen molar-refractivity contribution in [2.24, 2.45) is 10.4 Å². The van der Waals surface area contributed by atoms with Crippen molar-refractivity contribution < 1.29 is 14.7 Å². The first-order valence-electron chi connectivity index (χ1n) is 9.92. The Morgan fingerprint density at radius 1 is 1.18 bits per heavy atom. The van der Waals surface area contributed by atoms with Crippen molar-refractivity contribution >= 4 is 5.84 Å². The highest BCUT2D eigenvalue weighted by atomic mass is 16.7. The average molecular weight is 383 g/mol. The topological polar surface area (TPSA) is 63.1 Å². The molecule has 1 atom stereocenters. The van der Waals surface area contributed by atoms with Crippen LogP contribution < -0.4 is 10.2 Å². The molecule has 0 radical (unpaired) electrons. The van der Waals surface area contributed by atoms with E-state index in [0.29, 0.717) is 13.0 Å². The number of benzene rings is 2. The molecule has 2 aromatic rings. The van der Waals surface area contributed by atoms with Crippen LogP contribution in [0.1, 0.15) is 50.8 Å². The van der Waals surface area contributed by atoms with Gasteiger partial charge in [0.25, 0.3) is 0 Å². The zero-order valence-corrected chi connectivity index (χ0v) is 16.9. The summed E-state index contributed by atoms with van der Waals surface area (Å²) in [4.78, 5) is 9.81. The monoisotopic (exact) mass is 382 g/mol. The Bertz CT molecular complexity index is 800. The summed E-state index contributed by atoms with van der Waals surface area (Å²) in [7, 11) is 0. The van der Waals surface area contributed by atoms with Gasteiger partial charge in [0.1, 0.15) is 23.4 Å². The first-order valence-corrected chi connectivity index (χ1v) is 9.92. The molecule has 0 spiro atoms. The fourth-order valence-electron chi connectivity index (χ4n) is 3.15. The summed E-state index contributed by atoms with van der Waals surface area (Å²) in [5, 5.41) is 8.86. The maximum Gasteiger partial charge on any atom is 0.127 e. The van der Waals surface area contributed by atoms with Gasteiger partial charge in [-0.15, -0.1) is 0 Å². The Labute approximate surface area is 167 Å². The molecule has 2 aromatic carbocycles. The van der Waals surface area contributed by atoms with Crippen molar-refractivity contribution in [3.05, 3.63) is 59.7 Å². The number of ether oxygens (including phenoxy) is 1. The zero-order valence-electron chi connectivity index (χ0n) is 16.9. The highest BCUT2D eigenvalue weighted by Gasteiger charge is 2.23. The average Bonchev–Trinajstić information content (AvgIpc) is 3.16. The lowest BCUT2D eigenvalue weighted by atomic mass is 9.83. The molecular weight excluding hydrogens is 352 g/mol. The molecule has 1 fully saturated rings. The predicted molar refractivity (Wildman–Crippen MR) is 112 cm³/mol. The van der Waals surface area contributed by atoms with Gasteiger partial charge in [-0.25, -0.2) is 0 Å². The Balaban J connectivity index is 1.62. The van der Waals surface area contributed by atoms with Crippen LogP contribution in [0.3, 0.4) is 0 Å². The number of aliphatic imine (C=N–C) groups is 1. The number of amidine groups is 1. The summed E-state index contributed by atoms with van der Waals surface area (Å²) in [5.41, 5.74) is 5.47. The van der Waals surface area contributed by atoms with Crippen molar-refractivity contribution in [3.63, 3.8) is 0 Å². The lowest BCUT2D eigenvalue weighted by Crippen LogP contribution is -2.13. The molecule has 0 aromatic heterocycles. The molecule has 0 aliphatic carbocycles. The minimum absolute atomic E-state index is 0.0407. The maximum absolute atomic E-state index is 8.86. The standard InChI is InChI=1S/C23H30N2O3/c1-4-23(2,3)16-17-6-5-7-20(14-17)27-19-10-8-18(9-11-19)21-15-22(25-28-21)24-12-13-26/h5-11,14,21,26H,4,12-13,15-16H2,1-3H3,(H,24,25). The van der Waals surface area contributed by atoms with Crippen LogP contribution in [0.5, 0.6) is 11.5 Å². The first kappa shape index (κ1) is 20.4. The summed E-state index contributed by atoms with van der Waals surface area (Å²) >= 11 is 0. The molecule has 1 saturated heterocycles. The van der Waals surface area contributed by atoms with E-state index in [2.05, 4.69) is 49.4 Å². The molecule has 5 nitrogen and oxygen atoms in total. The van der Waals surface area contributed by atoms with Crippen molar-refractivity contribution in [2.75, 3.05) is 13.2 Å². The van der Waals surface area contributed by atoms with Crippen LogP contribution >= 0.6 is 0 Å². The zero-order chi connectivity index (χ0) is 20.0. The van der Waals surface area contributed by atoms with Crippen LogP contribution in [0, 0.1) is 5.41 Å².